The third kappa shape index (κ3) is 3.95. The van der Waals surface area contributed by atoms with Gasteiger partial charge < -0.3 is 9.64 Å². The Morgan fingerprint density at radius 3 is 2.72 bits per heavy atom. The second-order valence-corrected chi connectivity index (χ2v) is 5.52. The molecule has 0 radical (unpaired) electrons. The molecule has 0 spiro atoms. The zero-order valence-corrected chi connectivity index (χ0v) is 11.6. The first-order valence-electron chi connectivity index (χ1n) is 7.33. The maximum atomic E-state index is 11.0. The van der Waals surface area contributed by atoms with Crippen LogP contribution in [0.15, 0.2) is 0 Å². The number of methoxy groups -OCH3 is 1. The molecule has 2 heterocycles. The van der Waals surface area contributed by atoms with Crippen molar-refractivity contribution in [1.29, 1.82) is 0 Å². The summed E-state index contributed by atoms with van der Waals surface area (Å²) in [6, 6.07) is 0.767. The molecule has 0 aromatic rings. The molecular formula is C14H26N2O2. The summed E-state index contributed by atoms with van der Waals surface area (Å²) in [7, 11) is 1.46. The van der Waals surface area contributed by atoms with Crippen molar-refractivity contribution in [2.24, 2.45) is 0 Å². The first kappa shape index (κ1) is 13.8. The minimum Gasteiger partial charge on any atom is -0.469 e. The highest BCUT2D eigenvalue weighted by Gasteiger charge is 2.27. The molecule has 0 aromatic carbocycles. The van der Waals surface area contributed by atoms with Gasteiger partial charge in [-0.3, -0.25) is 9.69 Å². The summed E-state index contributed by atoms with van der Waals surface area (Å²) >= 11 is 0. The van der Waals surface area contributed by atoms with Crippen LogP contribution < -0.4 is 0 Å². The lowest BCUT2D eigenvalue weighted by atomic mass is 10.1. The van der Waals surface area contributed by atoms with Crippen LogP contribution in [0.2, 0.25) is 0 Å². The SMILES string of the molecule is COC(=O)CCCN1CCC(N2CCCCC2)C1. The molecule has 0 saturated carbocycles. The van der Waals surface area contributed by atoms with Crippen LogP contribution in [0.4, 0.5) is 0 Å². The van der Waals surface area contributed by atoms with Gasteiger partial charge in [0.2, 0.25) is 0 Å². The number of piperidine rings is 1. The Morgan fingerprint density at radius 2 is 2.00 bits per heavy atom. The summed E-state index contributed by atoms with van der Waals surface area (Å²) in [5, 5.41) is 0. The van der Waals surface area contributed by atoms with Gasteiger partial charge in [0.15, 0.2) is 0 Å². The van der Waals surface area contributed by atoms with Gasteiger partial charge in [-0.05, 0) is 51.9 Å². The predicted octanol–water partition coefficient (Wildman–Crippen LogP) is 1.50. The van der Waals surface area contributed by atoms with E-state index in [1.54, 1.807) is 0 Å². The molecule has 0 aromatic heterocycles. The highest BCUT2D eigenvalue weighted by molar-refractivity contribution is 5.69. The lowest BCUT2D eigenvalue weighted by molar-refractivity contribution is -0.140. The lowest BCUT2D eigenvalue weighted by Crippen LogP contribution is -2.40. The maximum Gasteiger partial charge on any atom is 0.305 e. The number of hydrogen-bond acceptors (Lipinski definition) is 4. The molecule has 4 heteroatoms. The van der Waals surface area contributed by atoms with Gasteiger partial charge in [0.25, 0.3) is 0 Å². The Bertz CT molecular complexity index is 265. The highest BCUT2D eigenvalue weighted by Crippen LogP contribution is 2.20. The maximum absolute atomic E-state index is 11.0. The smallest absolute Gasteiger partial charge is 0.305 e. The summed E-state index contributed by atoms with van der Waals surface area (Å²) in [6.45, 7) is 6.02. The fraction of sp³-hybridized carbons (Fsp3) is 0.929. The van der Waals surface area contributed by atoms with Crippen LogP contribution in [0, 0.1) is 0 Å². The van der Waals surface area contributed by atoms with Gasteiger partial charge in [-0.25, -0.2) is 0 Å². The van der Waals surface area contributed by atoms with E-state index in [-0.39, 0.29) is 5.97 Å². The Balaban J connectivity index is 1.63. The van der Waals surface area contributed by atoms with Gasteiger partial charge in [0.1, 0.15) is 0 Å². The fourth-order valence-electron chi connectivity index (χ4n) is 3.15. The van der Waals surface area contributed by atoms with Gasteiger partial charge in [-0.2, -0.15) is 0 Å². The van der Waals surface area contributed by atoms with Crippen LogP contribution in [0.1, 0.15) is 38.5 Å². The third-order valence-corrected chi connectivity index (χ3v) is 4.24. The van der Waals surface area contributed by atoms with E-state index in [9.17, 15) is 4.79 Å². The predicted molar refractivity (Wildman–Crippen MR) is 71.5 cm³/mol. The largest absolute Gasteiger partial charge is 0.469 e. The zero-order valence-electron chi connectivity index (χ0n) is 11.6. The van der Waals surface area contributed by atoms with Gasteiger partial charge >= 0.3 is 5.97 Å². The molecule has 2 aliphatic rings. The van der Waals surface area contributed by atoms with E-state index in [1.807, 2.05) is 0 Å². The first-order chi connectivity index (χ1) is 8.79. The number of hydrogen-bond donors (Lipinski definition) is 0. The van der Waals surface area contributed by atoms with E-state index in [0.29, 0.717) is 6.42 Å². The molecule has 1 atom stereocenters. The number of carbonyl (C=O) groups is 1. The molecule has 0 N–H and O–H groups in total. The molecule has 2 saturated heterocycles. The quantitative estimate of drug-likeness (QED) is 0.696. The highest BCUT2D eigenvalue weighted by atomic mass is 16.5. The van der Waals surface area contributed by atoms with Crippen molar-refractivity contribution < 1.29 is 9.53 Å². The molecule has 2 fully saturated rings. The number of ether oxygens (including phenoxy) is 1. The summed E-state index contributed by atoms with van der Waals surface area (Å²) in [4.78, 5) is 16.2. The van der Waals surface area contributed by atoms with E-state index in [2.05, 4.69) is 14.5 Å². The van der Waals surface area contributed by atoms with E-state index >= 15 is 0 Å². The first-order valence-corrected chi connectivity index (χ1v) is 7.33. The Kier molecular flexibility index (Phi) is 5.45. The van der Waals surface area contributed by atoms with Crippen LogP contribution in [0.5, 0.6) is 0 Å². The number of likely N-dealkylation sites (tertiary alicyclic amines) is 2. The molecule has 18 heavy (non-hydrogen) atoms. The summed E-state index contributed by atoms with van der Waals surface area (Å²) in [5.41, 5.74) is 0. The average molecular weight is 254 g/mol. The van der Waals surface area contributed by atoms with Crippen LogP contribution in [0.25, 0.3) is 0 Å². The molecule has 2 rings (SSSR count). The van der Waals surface area contributed by atoms with Gasteiger partial charge in [0.05, 0.1) is 7.11 Å². The van der Waals surface area contributed by atoms with E-state index in [0.717, 1.165) is 19.0 Å². The van der Waals surface area contributed by atoms with E-state index in [1.165, 1.54) is 59.0 Å². The number of carbonyl (C=O) groups excluding carboxylic acids is 1. The molecule has 2 aliphatic heterocycles. The molecular weight excluding hydrogens is 228 g/mol. The van der Waals surface area contributed by atoms with Crippen molar-refractivity contribution in [2.45, 2.75) is 44.6 Å². The summed E-state index contributed by atoms with van der Waals surface area (Å²) < 4.78 is 4.67. The van der Waals surface area contributed by atoms with Crippen molar-refractivity contribution in [1.82, 2.24) is 9.80 Å². The van der Waals surface area contributed by atoms with Crippen LogP contribution in [-0.2, 0) is 9.53 Å². The Morgan fingerprint density at radius 1 is 1.22 bits per heavy atom. The van der Waals surface area contributed by atoms with Gasteiger partial charge in [0, 0.05) is 19.0 Å². The fourth-order valence-corrected chi connectivity index (χ4v) is 3.15. The topological polar surface area (TPSA) is 32.8 Å². The van der Waals surface area contributed by atoms with Crippen LogP contribution in [-0.4, -0.2) is 61.6 Å². The normalized spacial score (nSPS) is 26.4. The molecule has 0 aliphatic carbocycles. The Hall–Kier alpha value is -0.610. The Labute approximate surface area is 110 Å². The van der Waals surface area contributed by atoms with Crippen molar-refractivity contribution in [2.75, 3.05) is 39.8 Å². The molecule has 1 unspecified atom stereocenters. The lowest BCUT2D eigenvalue weighted by Gasteiger charge is -2.32. The third-order valence-electron chi connectivity index (χ3n) is 4.24. The summed E-state index contributed by atoms with van der Waals surface area (Å²) in [5.74, 6) is -0.0817. The van der Waals surface area contributed by atoms with Crippen molar-refractivity contribution in [3.63, 3.8) is 0 Å². The zero-order chi connectivity index (χ0) is 12.8. The van der Waals surface area contributed by atoms with Crippen LogP contribution >= 0.6 is 0 Å². The molecule has 0 bridgehead atoms. The molecule has 4 nitrogen and oxygen atoms in total. The average Bonchev–Trinajstić information content (AvgIpc) is 2.88. The molecule has 104 valence electrons. The van der Waals surface area contributed by atoms with Gasteiger partial charge in [-0.1, -0.05) is 6.42 Å². The minimum absolute atomic E-state index is 0.0817. The molecule has 0 amide bonds. The monoisotopic (exact) mass is 254 g/mol. The number of rotatable bonds is 5. The van der Waals surface area contributed by atoms with Gasteiger partial charge in [-0.15, -0.1) is 0 Å². The van der Waals surface area contributed by atoms with Crippen molar-refractivity contribution in [3.8, 4) is 0 Å². The minimum atomic E-state index is -0.0817. The van der Waals surface area contributed by atoms with Crippen molar-refractivity contribution in [3.05, 3.63) is 0 Å². The number of nitrogens with zero attached hydrogens (tertiary/aromatic N) is 2. The van der Waals surface area contributed by atoms with E-state index in [4.69, 9.17) is 0 Å². The van der Waals surface area contributed by atoms with Crippen molar-refractivity contribution >= 4 is 5.97 Å². The van der Waals surface area contributed by atoms with E-state index < -0.39 is 0 Å². The number of esters is 1. The summed E-state index contributed by atoms with van der Waals surface area (Å²) in [6.07, 6.45) is 6.95. The van der Waals surface area contributed by atoms with Crippen LogP contribution in [0.3, 0.4) is 0 Å². The second kappa shape index (κ2) is 7.10. The standard InChI is InChI=1S/C14H26N2O2/c1-18-14(17)6-5-8-15-11-7-13(12-15)16-9-3-2-4-10-16/h13H,2-12H2,1H3. The second-order valence-electron chi connectivity index (χ2n) is 5.52.